The maximum atomic E-state index is 12.1. The van der Waals surface area contributed by atoms with E-state index in [4.69, 9.17) is 0 Å². The van der Waals surface area contributed by atoms with Crippen LogP contribution >= 0.6 is 23.7 Å². The second-order valence-electron chi connectivity index (χ2n) is 4.18. The van der Waals surface area contributed by atoms with Crippen molar-refractivity contribution < 1.29 is 13.2 Å². The minimum Gasteiger partial charge on any atom is -0.369 e. The first kappa shape index (κ1) is 19.2. The minimum absolute atomic E-state index is 0. The molecule has 0 aromatic carbocycles. The van der Waals surface area contributed by atoms with Gasteiger partial charge in [-0.05, 0) is 31.5 Å². The maximum absolute atomic E-state index is 12.1. The molecule has 0 saturated carbocycles. The largest absolute Gasteiger partial charge is 0.401 e. The molecule has 1 aromatic heterocycles. The van der Waals surface area contributed by atoms with Crippen molar-refractivity contribution in [3.8, 4) is 0 Å². The molecule has 0 amide bonds. The molecule has 0 bridgehead atoms. The lowest BCUT2D eigenvalue weighted by Crippen LogP contribution is -2.33. The van der Waals surface area contributed by atoms with Crippen molar-refractivity contribution >= 4 is 29.6 Å². The zero-order chi connectivity index (χ0) is 14.3. The fourth-order valence-electron chi connectivity index (χ4n) is 1.63. The quantitative estimate of drug-likeness (QED) is 0.493. The van der Waals surface area contributed by atoms with Crippen molar-refractivity contribution in [3.63, 3.8) is 0 Å². The predicted octanol–water partition coefficient (Wildman–Crippen LogP) is 3.02. The molecule has 1 N–H and O–H groups in total. The molecular formula is C12H19ClF3N3S. The summed E-state index contributed by atoms with van der Waals surface area (Å²) in [4.78, 5) is 6.44. The summed E-state index contributed by atoms with van der Waals surface area (Å²) in [5.74, 6) is 0.786. The fourth-order valence-corrected chi connectivity index (χ4v) is 2.37. The molecule has 8 heteroatoms. The van der Waals surface area contributed by atoms with Crippen molar-refractivity contribution in [1.82, 2.24) is 10.2 Å². The Morgan fingerprint density at radius 1 is 1.45 bits per heavy atom. The van der Waals surface area contributed by atoms with Crippen molar-refractivity contribution in [2.24, 2.45) is 4.99 Å². The highest BCUT2D eigenvalue weighted by atomic mass is 35.5. The summed E-state index contributed by atoms with van der Waals surface area (Å²) in [5, 5.41) is 5.10. The third-order valence-electron chi connectivity index (χ3n) is 2.44. The van der Waals surface area contributed by atoms with Gasteiger partial charge in [0, 0.05) is 13.6 Å². The standard InChI is InChI=1S/C12H18F3N3S.ClH/c1-16-11(10-5-3-8-19-10)17-6-4-7-18(2)9-12(13,14)15;/h3,5,8H,4,6-7,9H2,1-2H3,(H,16,17);1H. The first-order valence-electron chi connectivity index (χ1n) is 5.92. The lowest BCUT2D eigenvalue weighted by Gasteiger charge is -2.18. The van der Waals surface area contributed by atoms with Gasteiger partial charge in [-0.15, -0.1) is 23.7 Å². The highest BCUT2D eigenvalue weighted by Crippen LogP contribution is 2.15. The summed E-state index contributed by atoms with van der Waals surface area (Å²) < 4.78 is 36.3. The van der Waals surface area contributed by atoms with E-state index in [9.17, 15) is 13.2 Å². The van der Waals surface area contributed by atoms with Gasteiger partial charge in [-0.1, -0.05) is 6.07 Å². The van der Waals surface area contributed by atoms with E-state index in [1.807, 2.05) is 17.5 Å². The topological polar surface area (TPSA) is 27.6 Å². The molecule has 0 unspecified atom stereocenters. The third kappa shape index (κ3) is 7.72. The molecule has 0 aliphatic heterocycles. The summed E-state index contributed by atoms with van der Waals surface area (Å²) in [6, 6.07) is 3.89. The highest BCUT2D eigenvalue weighted by molar-refractivity contribution is 7.12. The van der Waals surface area contributed by atoms with Gasteiger partial charge in [-0.25, -0.2) is 0 Å². The molecule has 0 aliphatic rings. The molecular weight excluding hydrogens is 311 g/mol. The number of rotatable bonds is 6. The third-order valence-corrected chi connectivity index (χ3v) is 3.31. The molecule has 1 heterocycles. The van der Waals surface area contributed by atoms with Crippen LogP contribution < -0.4 is 5.32 Å². The van der Waals surface area contributed by atoms with Gasteiger partial charge in [0.2, 0.25) is 0 Å². The molecule has 1 rings (SSSR count). The van der Waals surface area contributed by atoms with Gasteiger partial charge in [-0.2, -0.15) is 13.2 Å². The van der Waals surface area contributed by atoms with Gasteiger partial charge < -0.3 is 5.32 Å². The van der Waals surface area contributed by atoms with Gasteiger partial charge >= 0.3 is 6.18 Å². The average Bonchev–Trinajstić information content (AvgIpc) is 2.80. The monoisotopic (exact) mass is 329 g/mol. The first-order valence-corrected chi connectivity index (χ1v) is 6.80. The Morgan fingerprint density at radius 2 is 2.15 bits per heavy atom. The summed E-state index contributed by atoms with van der Waals surface area (Å²) in [6.45, 7) is 0.132. The highest BCUT2D eigenvalue weighted by Gasteiger charge is 2.28. The molecule has 0 spiro atoms. The number of aliphatic imine (C=N–C) groups is 1. The molecule has 0 atom stereocenters. The van der Waals surface area contributed by atoms with Gasteiger partial charge in [0.15, 0.2) is 0 Å². The van der Waals surface area contributed by atoms with Crippen LogP contribution in [0.25, 0.3) is 0 Å². The SMILES string of the molecule is CN=C(NCCCN(C)CC(F)(F)F)c1cccs1.Cl. The molecule has 0 radical (unpaired) electrons. The van der Waals surface area contributed by atoms with E-state index in [-0.39, 0.29) is 12.4 Å². The molecule has 0 fully saturated rings. The number of hydrogen-bond donors (Lipinski definition) is 1. The van der Waals surface area contributed by atoms with Crippen LogP contribution in [0.4, 0.5) is 13.2 Å². The second kappa shape index (κ2) is 9.20. The number of hydrogen-bond acceptors (Lipinski definition) is 3. The number of halogens is 4. The van der Waals surface area contributed by atoms with Crippen LogP contribution in [-0.4, -0.2) is 50.6 Å². The predicted molar refractivity (Wildman–Crippen MR) is 80.2 cm³/mol. The number of alkyl halides is 3. The smallest absolute Gasteiger partial charge is 0.369 e. The van der Waals surface area contributed by atoms with Crippen molar-refractivity contribution in [1.29, 1.82) is 0 Å². The Balaban J connectivity index is 0.00000361. The molecule has 20 heavy (non-hydrogen) atoms. The molecule has 3 nitrogen and oxygen atoms in total. The summed E-state index contributed by atoms with van der Waals surface area (Å²) in [5.41, 5.74) is 0. The van der Waals surface area contributed by atoms with Crippen LogP contribution in [0.3, 0.4) is 0 Å². The first-order chi connectivity index (χ1) is 8.92. The van der Waals surface area contributed by atoms with Crippen molar-refractivity contribution in [2.45, 2.75) is 12.6 Å². The molecule has 116 valence electrons. The molecule has 0 aliphatic carbocycles. The van der Waals surface area contributed by atoms with Crippen LogP contribution in [0.5, 0.6) is 0 Å². The van der Waals surface area contributed by atoms with E-state index in [2.05, 4.69) is 10.3 Å². The van der Waals surface area contributed by atoms with Crippen LogP contribution in [0, 0.1) is 0 Å². The van der Waals surface area contributed by atoms with Crippen molar-refractivity contribution in [2.75, 3.05) is 33.7 Å². The molecule has 1 aromatic rings. The maximum Gasteiger partial charge on any atom is 0.401 e. The Kier molecular flexibility index (Phi) is 8.84. The van der Waals surface area contributed by atoms with Crippen molar-refractivity contribution in [3.05, 3.63) is 22.4 Å². The fraction of sp³-hybridized carbons (Fsp3) is 0.583. The Bertz CT molecular complexity index is 393. The lowest BCUT2D eigenvalue weighted by atomic mass is 10.3. The summed E-state index contributed by atoms with van der Waals surface area (Å²) >= 11 is 1.58. The average molecular weight is 330 g/mol. The zero-order valence-electron chi connectivity index (χ0n) is 11.4. The van der Waals surface area contributed by atoms with Gasteiger partial charge in [0.1, 0.15) is 5.84 Å². The van der Waals surface area contributed by atoms with E-state index in [0.717, 1.165) is 10.7 Å². The van der Waals surface area contributed by atoms with Crippen LogP contribution in [-0.2, 0) is 0 Å². The number of amidine groups is 1. The van der Waals surface area contributed by atoms with Crippen LogP contribution in [0.1, 0.15) is 11.3 Å². The van der Waals surface area contributed by atoms with E-state index >= 15 is 0 Å². The van der Waals surface area contributed by atoms with Crippen LogP contribution in [0.15, 0.2) is 22.5 Å². The number of thiophene rings is 1. The Morgan fingerprint density at radius 3 is 2.65 bits per heavy atom. The Labute approximate surface area is 127 Å². The Hall–Kier alpha value is -0.790. The van der Waals surface area contributed by atoms with Crippen LogP contribution in [0.2, 0.25) is 0 Å². The zero-order valence-corrected chi connectivity index (χ0v) is 13.0. The summed E-state index contributed by atoms with van der Waals surface area (Å²) in [6.07, 6.45) is -3.49. The van der Waals surface area contributed by atoms with E-state index < -0.39 is 12.7 Å². The van der Waals surface area contributed by atoms with Gasteiger partial charge in [-0.3, -0.25) is 9.89 Å². The molecule has 0 saturated heterocycles. The second-order valence-corrected chi connectivity index (χ2v) is 5.13. The van der Waals surface area contributed by atoms with Gasteiger partial charge in [0.25, 0.3) is 0 Å². The number of nitrogens with zero attached hydrogens (tertiary/aromatic N) is 2. The lowest BCUT2D eigenvalue weighted by molar-refractivity contribution is -0.143. The van der Waals surface area contributed by atoms with Gasteiger partial charge in [0.05, 0.1) is 11.4 Å². The van der Waals surface area contributed by atoms with E-state index in [1.165, 1.54) is 11.9 Å². The normalized spacial score (nSPS) is 12.4. The number of nitrogens with one attached hydrogen (secondary N) is 1. The van der Waals surface area contributed by atoms with E-state index in [0.29, 0.717) is 19.5 Å². The van der Waals surface area contributed by atoms with E-state index in [1.54, 1.807) is 18.4 Å². The summed E-state index contributed by atoms with van der Waals surface area (Å²) in [7, 11) is 3.17. The minimum atomic E-state index is -4.13.